The molecule has 2 heterocycles. The molecule has 0 aliphatic carbocycles. The molecule has 0 bridgehead atoms. The van der Waals surface area contributed by atoms with Crippen molar-refractivity contribution in [2.75, 3.05) is 6.61 Å². The van der Waals surface area contributed by atoms with Crippen molar-refractivity contribution in [3.8, 4) is 0 Å². The number of carbonyl (C=O) groups excluding carboxylic acids is 1. The van der Waals surface area contributed by atoms with Gasteiger partial charge in [0.25, 0.3) is 0 Å². The Morgan fingerprint density at radius 2 is 2.42 bits per heavy atom. The number of nitrogens with one attached hydrogen (secondary N) is 1. The number of rotatable bonds is 5. The lowest BCUT2D eigenvalue weighted by atomic mass is 10.1. The number of carbonyl (C=O) groups is 1. The van der Waals surface area contributed by atoms with Gasteiger partial charge in [0, 0.05) is 22.7 Å². The summed E-state index contributed by atoms with van der Waals surface area (Å²) in [6, 6.07) is 2.15. The summed E-state index contributed by atoms with van der Waals surface area (Å²) in [5, 5.41) is 11.7. The molecule has 0 aromatic carbocycles. The van der Waals surface area contributed by atoms with Crippen molar-refractivity contribution in [1.29, 1.82) is 0 Å². The number of hydrogen-bond acceptors (Lipinski definition) is 5. The van der Waals surface area contributed by atoms with Crippen LogP contribution in [0, 0.1) is 10.1 Å². The predicted octanol–water partition coefficient (Wildman–Crippen LogP) is 1.31. The molecule has 2 aromatic rings. The largest absolute Gasteiger partial charge is 0.461 e. The number of H-pyrrole nitrogens is 1. The Morgan fingerprint density at radius 1 is 1.63 bits per heavy atom. The summed E-state index contributed by atoms with van der Waals surface area (Å²) >= 11 is 0. The highest BCUT2D eigenvalue weighted by Crippen LogP contribution is 2.18. The number of ether oxygens (including phenoxy) is 1. The van der Waals surface area contributed by atoms with Gasteiger partial charge in [0.1, 0.15) is 5.65 Å². The minimum atomic E-state index is -1.39. The number of nitrogens with zero attached hydrogens (tertiary/aromatic N) is 2. The highest BCUT2D eigenvalue weighted by atomic mass is 16.6. The molecule has 0 fully saturated rings. The van der Waals surface area contributed by atoms with Crippen molar-refractivity contribution in [3.05, 3.63) is 40.2 Å². The first-order valence-corrected chi connectivity index (χ1v) is 5.84. The molecule has 0 aliphatic heterocycles. The number of fused-ring (bicyclic) bond motifs is 1. The third kappa shape index (κ3) is 2.70. The Morgan fingerprint density at radius 3 is 3.11 bits per heavy atom. The van der Waals surface area contributed by atoms with Crippen LogP contribution in [-0.4, -0.2) is 33.5 Å². The summed E-state index contributed by atoms with van der Waals surface area (Å²) in [6.07, 6.45) is 3.24. The van der Waals surface area contributed by atoms with Gasteiger partial charge in [-0.3, -0.25) is 10.1 Å². The first kappa shape index (κ1) is 13.0. The maximum absolute atomic E-state index is 11.6. The van der Waals surface area contributed by atoms with Crippen molar-refractivity contribution in [2.24, 2.45) is 0 Å². The summed E-state index contributed by atoms with van der Waals surface area (Å²) in [4.78, 5) is 28.9. The van der Waals surface area contributed by atoms with E-state index in [9.17, 15) is 14.9 Å². The van der Waals surface area contributed by atoms with Gasteiger partial charge < -0.3 is 9.72 Å². The summed E-state index contributed by atoms with van der Waals surface area (Å²) in [7, 11) is 0. The second kappa shape index (κ2) is 5.47. The molecule has 100 valence electrons. The van der Waals surface area contributed by atoms with E-state index in [1.54, 1.807) is 31.5 Å². The SMILES string of the molecule is CCOC(=O)[C@H](Cc1c[nH]c2ncccc12)[N+](=O)[O-]. The van der Waals surface area contributed by atoms with E-state index >= 15 is 0 Å². The van der Waals surface area contributed by atoms with Crippen LogP contribution in [0.25, 0.3) is 11.0 Å². The van der Waals surface area contributed by atoms with Gasteiger partial charge >= 0.3 is 12.0 Å². The zero-order valence-electron chi connectivity index (χ0n) is 10.3. The fourth-order valence-electron chi connectivity index (χ4n) is 1.87. The molecule has 0 radical (unpaired) electrons. The molecule has 1 atom stereocenters. The van der Waals surface area contributed by atoms with Crippen LogP contribution in [0.3, 0.4) is 0 Å². The normalized spacial score (nSPS) is 12.3. The van der Waals surface area contributed by atoms with Gasteiger partial charge in [0.05, 0.1) is 13.0 Å². The Labute approximate surface area is 108 Å². The van der Waals surface area contributed by atoms with Crippen molar-refractivity contribution >= 4 is 17.0 Å². The molecule has 0 amide bonds. The number of aromatic nitrogens is 2. The predicted molar refractivity (Wildman–Crippen MR) is 67.2 cm³/mol. The number of aromatic amines is 1. The van der Waals surface area contributed by atoms with Gasteiger partial charge in [0.2, 0.25) is 0 Å². The Bertz CT molecular complexity index is 608. The molecular weight excluding hydrogens is 250 g/mol. The summed E-state index contributed by atoms with van der Waals surface area (Å²) < 4.78 is 4.72. The molecule has 0 spiro atoms. The van der Waals surface area contributed by atoms with Crippen LogP contribution in [0.4, 0.5) is 0 Å². The number of pyridine rings is 1. The second-order valence-corrected chi connectivity index (χ2v) is 3.97. The average Bonchev–Trinajstić information content (AvgIpc) is 2.79. The van der Waals surface area contributed by atoms with Gasteiger partial charge in [-0.2, -0.15) is 0 Å². The summed E-state index contributed by atoms with van der Waals surface area (Å²) in [5.41, 5.74) is 1.32. The maximum atomic E-state index is 11.6. The lowest BCUT2D eigenvalue weighted by molar-refractivity contribution is -0.510. The average molecular weight is 263 g/mol. The highest BCUT2D eigenvalue weighted by molar-refractivity contribution is 5.81. The fourth-order valence-corrected chi connectivity index (χ4v) is 1.87. The molecule has 7 heteroatoms. The smallest absolute Gasteiger partial charge is 0.382 e. The number of hydrogen-bond donors (Lipinski definition) is 1. The quantitative estimate of drug-likeness (QED) is 0.498. The standard InChI is InChI=1S/C12H13N3O4/c1-2-19-12(16)10(15(17)18)6-8-7-14-11-9(8)4-3-5-13-11/h3-5,7,10H,2,6H2,1H3,(H,13,14)/t10-/m0/s1. The van der Waals surface area contributed by atoms with E-state index in [0.29, 0.717) is 11.2 Å². The van der Waals surface area contributed by atoms with E-state index in [1.807, 2.05) is 0 Å². The fraction of sp³-hybridized carbons (Fsp3) is 0.333. The monoisotopic (exact) mass is 263 g/mol. The molecule has 0 saturated carbocycles. The molecule has 0 unspecified atom stereocenters. The summed E-state index contributed by atoms with van der Waals surface area (Å²) in [6.45, 7) is 1.74. The van der Waals surface area contributed by atoms with E-state index in [1.165, 1.54) is 0 Å². The zero-order chi connectivity index (χ0) is 13.8. The van der Waals surface area contributed by atoms with Gasteiger partial charge in [0.15, 0.2) is 0 Å². The molecule has 7 nitrogen and oxygen atoms in total. The van der Waals surface area contributed by atoms with E-state index in [4.69, 9.17) is 4.74 Å². The summed E-state index contributed by atoms with van der Waals surface area (Å²) in [5.74, 6) is -0.814. The van der Waals surface area contributed by atoms with Gasteiger partial charge in [-0.15, -0.1) is 0 Å². The Kier molecular flexibility index (Phi) is 3.74. The molecule has 0 aliphatic rings. The van der Waals surface area contributed by atoms with Crippen LogP contribution in [0.15, 0.2) is 24.5 Å². The van der Waals surface area contributed by atoms with Crippen molar-refractivity contribution in [3.63, 3.8) is 0 Å². The van der Waals surface area contributed by atoms with Crippen LogP contribution in [0.1, 0.15) is 12.5 Å². The topological polar surface area (TPSA) is 98.1 Å². The van der Waals surface area contributed by atoms with E-state index < -0.39 is 16.9 Å². The van der Waals surface area contributed by atoms with Crippen LogP contribution in [-0.2, 0) is 16.0 Å². The first-order valence-electron chi connectivity index (χ1n) is 5.84. The van der Waals surface area contributed by atoms with Gasteiger partial charge in [-0.1, -0.05) is 0 Å². The minimum Gasteiger partial charge on any atom is -0.461 e. The molecule has 2 rings (SSSR count). The van der Waals surface area contributed by atoms with Gasteiger partial charge in [-0.25, -0.2) is 9.78 Å². The third-order valence-electron chi connectivity index (χ3n) is 2.76. The maximum Gasteiger partial charge on any atom is 0.382 e. The molecule has 0 saturated heterocycles. The lowest BCUT2D eigenvalue weighted by Crippen LogP contribution is -2.33. The van der Waals surface area contributed by atoms with Crippen LogP contribution in [0.2, 0.25) is 0 Å². The molecule has 2 aromatic heterocycles. The van der Waals surface area contributed by atoms with Crippen LogP contribution >= 0.6 is 0 Å². The van der Waals surface area contributed by atoms with Crippen LogP contribution in [0.5, 0.6) is 0 Å². The minimum absolute atomic E-state index is 0.0163. The van der Waals surface area contributed by atoms with Gasteiger partial charge in [-0.05, 0) is 24.6 Å². The zero-order valence-corrected chi connectivity index (χ0v) is 10.3. The number of nitro groups is 1. The third-order valence-corrected chi connectivity index (χ3v) is 2.76. The van der Waals surface area contributed by atoms with Crippen molar-refractivity contribution in [1.82, 2.24) is 9.97 Å². The van der Waals surface area contributed by atoms with Crippen molar-refractivity contribution < 1.29 is 14.5 Å². The number of esters is 1. The highest BCUT2D eigenvalue weighted by Gasteiger charge is 2.32. The van der Waals surface area contributed by atoms with Crippen LogP contribution < -0.4 is 0 Å². The second-order valence-electron chi connectivity index (χ2n) is 3.97. The molecule has 19 heavy (non-hydrogen) atoms. The first-order chi connectivity index (χ1) is 9.13. The van der Waals surface area contributed by atoms with E-state index in [2.05, 4.69) is 9.97 Å². The Balaban J connectivity index is 2.26. The lowest BCUT2D eigenvalue weighted by Gasteiger charge is -2.07. The van der Waals surface area contributed by atoms with E-state index in [-0.39, 0.29) is 13.0 Å². The Hall–Kier alpha value is -2.44. The molecule has 1 N–H and O–H groups in total. The van der Waals surface area contributed by atoms with Crippen molar-refractivity contribution in [2.45, 2.75) is 19.4 Å². The molecular formula is C12H13N3O4. The van der Waals surface area contributed by atoms with E-state index in [0.717, 1.165) is 5.39 Å².